The molecule has 0 saturated heterocycles. The van der Waals surface area contributed by atoms with Crippen LogP contribution in [0.4, 0.5) is 0 Å². The van der Waals surface area contributed by atoms with Gasteiger partial charge in [0, 0.05) is 0 Å². The van der Waals surface area contributed by atoms with E-state index >= 15 is 0 Å². The molecule has 0 atom stereocenters. The summed E-state index contributed by atoms with van der Waals surface area (Å²) in [7, 11) is 0. The van der Waals surface area contributed by atoms with Gasteiger partial charge < -0.3 is 14.9 Å². The minimum atomic E-state index is 0. The predicted molar refractivity (Wildman–Crippen MR) is 141 cm³/mol. The fourth-order valence-corrected chi connectivity index (χ4v) is 4.74. The van der Waals surface area contributed by atoms with Gasteiger partial charge in [-0.15, -0.1) is 27.8 Å². The Labute approximate surface area is 215 Å². The molecule has 32 heavy (non-hydrogen) atoms. The van der Waals surface area contributed by atoms with Gasteiger partial charge in [0.15, 0.2) is 0 Å². The molecule has 4 rings (SSSR count). The summed E-state index contributed by atoms with van der Waals surface area (Å²) in [4.78, 5) is 0. The Morgan fingerprint density at radius 3 is 2.12 bits per heavy atom. The molecule has 0 saturated carbocycles. The Kier molecular flexibility index (Phi) is 9.95. The third kappa shape index (κ3) is 5.39. The quantitative estimate of drug-likeness (QED) is 0.238. The molecular weight excluding hydrogens is 480 g/mol. The van der Waals surface area contributed by atoms with Crippen LogP contribution >= 0.6 is 0 Å². The van der Waals surface area contributed by atoms with Crippen molar-refractivity contribution in [3.05, 3.63) is 90.7 Å². The maximum atomic E-state index is 3.92. The second kappa shape index (κ2) is 11.0. The van der Waals surface area contributed by atoms with Crippen LogP contribution in [0.1, 0.15) is 88.3 Å². The summed E-state index contributed by atoms with van der Waals surface area (Å²) in [6, 6.07) is 11.1. The van der Waals surface area contributed by atoms with Crippen LogP contribution in [0.5, 0.6) is 0 Å². The van der Waals surface area contributed by atoms with E-state index in [-0.39, 0.29) is 25.7 Å². The fourth-order valence-electron chi connectivity index (χ4n) is 4.74. The Morgan fingerprint density at radius 1 is 0.969 bits per heavy atom. The number of fused-ring (bicyclic) bond motifs is 3. The molecule has 0 aliphatic heterocycles. The van der Waals surface area contributed by atoms with E-state index in [0.29, 0.717) is 0 Å². The van der Waals surface area contributed by atoms with Crippen molar-refractivity contribution in [1.29, 1.82) is 0 Å². The van der Waals surface area contributed by atoms with Gasteiger partial charge in [0.25, 0.3) is 0 Å². The molecule has 0 amide bonds. The van der Waals surface area contributed by atoms with Gasteiger partial charge in [-0.3, -0.25) is 0 Å². The van der Waals surface area contributed by atoms with E-state index < -0.39 is 0 Å². The summed E-state index contributed by atoms with van der Waals surface area (Å²) >= 11 is 1.36. The number of hydrogen-bond donors (Lipinski definition) is 0. The first kappa shape index (κ1) is 29.1. The van der Waals surface area contributed by atoms with Crippen LogP contribution < -0.4 is 0 Å². The van der Waals surface area contributed by atoms with Crippen molar-refractivity contribution in [3.63, 3.8) is 0 Å². The van der Waals surface area contributed by atoms with Crippen molar-refractivity contribution in [1.82, 2.24) is 0 Å². The van der Waals surface area contributed by atoms with E-state index in [1.165, 1.54) is 73.4 Å². The molecule has 2 radical (unpaired) electrons. The van der Waals surface area contributed by atoms with Crippen LogP contribution in [-0.4, -0.2) is 6.88 Å². The molecule has 0 bridgehead atoms. The molecule has 0 heterocycles. The summed E-state index contributed by atoms with van der Waals surface area (Å²) in [6.45, 7) is 19.3. The summed E-state index contributed by atoms with van der Waals surface area (Å²) in [5, 5.41) is 0. The van der Waals surface area contributed by atoms with Gasteiger partial charge in [0.2, 0.25) is 0 Å². The maximum absolute atomic E-state index is 3.92. The summed E-state index contributed by atoms with van der Waals surface area (Å²) in [5.74, 6) is 0. The molecule has 0 nitrogen and oxygen atoms in total. The Bertz CT molecular complexity index is 1030. The summed E-state index contributed by atoms with van der Waals surface area (Å²) < 4.78 is 0. The topological polar surface area (TPSA) is 0 Å². The molecule has 0 aromatic heterocycles. The molecule has 170 valence electrons. The summed E-state index contributed by atoms with van der Waals surface area (Å²) in [5.41, 5.74) is 13.3. The van der Waals surface area contributed by atoms with E-state index in [0.717, 1.165) is 19.3 Å². The molecule has 0 spiro atoms. The number of rotatable bonds is 2. The van der Waals surface area contributed by atoms with Crippen LogP contribution in [0.25, 0.3) is 16.7 Å². The van der Waals surface area contributed by atoms with E-state index in [1.54, 1.807) is 0 Å². The van der Waals surface area contributed by atoms with E-state index in [1.807, 2.05) is 0 Å². The minimum absolute atomic E-state index is 0. The zero-order valence-electron chi connectivity index (χ0n) is 21.6. The van der Waals surface area contributed by atoms with Gasteiger partial charge in [-0.05, 0) is 34.8 Å². The van der Waals surface area contributed by atoms with Crippen molar-refractivity contribution in [3.8, 4) is 11.1 Å². The Balaban J connectivity index is 0.00000125. The molecule has 2 aliphatic carbocycles. The molecule has 2 aliphatic rings. The van der Waals surface area contributed by atoms with Gasteiger partial charge in [0.05, 0.1) is 0 Å². The van der Waals surface area contributed by atoms with Gasteiger partial charge >= 0.3 is 30.2 Å². The second-order valence-corrected chi connectivity index (χ2v) is 10.4. The zero-order chi connectivity index (χ0) is 22.3. The van der Waals surface area contributed by atoms with Gasteiger partial charge in [-0.25, -0.2) is 0 Å². The Morgan fingerprint density at radius 2 is 1.62 bits per heavy atom. The first-order chi connectivity index (χ1) is 14.1. The average molecular weight is 519 g/mol. The number of hydrogen-bond acceptors (Lipinski definition) is 0. The fraction of sp³-hybridized carbons (Fsp3) is 0.400. The molecule has 0 fully saturated rings. The molecule has 2 heteroatoms. The first-order valence-corrected chi connectivity index (χ1v) is 15.2. The van der Waals surface area contributed by atoms with Gasteiger partial charge in [0.1, 0.15) is 0 Å². The summed E-state index contributed by atoms with van der Waals surface area (Å²) in [6.07, 6.45) is 9.91. The zero-order valence-corrected chi connectivity index (χ0v) is 25.0. The standard InChI is InChI=1S/C28H33.2CH3.Si.Zr/c1-8-22-25-20(15-19-16-21(27(2,3)4)13-14-23(19)25)17-24(28(5,6)7)26(22)18-11-9-10-12-18;;;;/h9-11,13-14,16H,8,12,15H2,1-7H3;2*1H3;;/q3*-1;;. The van der Waals surface area contributed by atoms with Crippen molar-refractivity contribution in [2.75, 3.05) is 0 Å². The van der Waals surface area contributed by atoms with Crippen LogP contribution in [0.2, 0.25) is 0 Å². The van der Waals surface area contributed by atoms with Crippen molar-refractivity contribution < 1.29 is 23.3 Å². The van der Waals surface area contributed by atoms with Gasteiger partial charge in [-0.1, -0.05) is 102 Å². The second-order valence-electron chi connectivity index (χ2n) is 10.4. The van der Waals surface area contributed by atoms with E-state index in [9.17, 15) is 0 Å². The SMILES string of the molecule is CCc1c(C2=CC=CC2)c(C(C)(C)C)[c-]c2c1-c1ccc(C(C)(C)C)cc1C2.[CH3-].[CH3-].[Si]=[Zr]. The van der Waals surface area contributed by atoms with E-state index in [4.69, 9.17) is 0 Å². The molecular formula is C30H39SiZr-3. The monoisotopic (exact) mass is 517 g/mol. The molecule has 2 aromatic carbocycles. The molecule has 0 N–H and O–H groups in total. The van der Waals surface area contributed by atoms with Crippen molar-refractivity contribution in [2.45, 2.75) is 78.6 Å². The van der Waals surface area contributed by atoms with Gasteiger partial charge in [-0.2, -0.15) is 6.07 Å². The van der Waals surface area contributed by atoms with Crippen molar-refractivity contribution in [2.24, 2.45) is 0 Å². The number of allylic oxidation sites excluding steroid dienone is 4. The molecule has 2 aromatic rings. The van der Waals surface area contributed by atoms with Crippen LogP contribution in [-0.2, 0) is 47.0 Å². The van der Waals surface area contributed by atoms with Crippen LogP contribution in [0.3, 0.4) is 0 Å². The van der Waals surface area contributed by atoms with Crippen LogP contribution in [0.15, 0.2) is 36.4 Å². The van der Waals surface area contributed by atoms with Crippen LogP contribution in [0, 0.1) is 20.9 Å². The normalized spacial score (nSPS) is 13.8. The predicted octanol–water partition coefficient (Wildman–Crippen LogP) is 8.08. The average Bonchev–Trinajstić information content (AvgIpc) is 3.33. The Hall–Kier alpha value is -0.980. The third-order valence-electron chi connectivity index (χ3n) is 6.23. The number of benzene rings is 2. The first-order valence-electron chi connectivity index (χ1n) is 11.0. The third-order valence-corrected chi connectivity index (χ3v) is 6.23. The van der Waals surface area contributed by atoms with E-state index in [2.05, 4.69) is 97.8 Å². The molecule has 0 unspecified atom stereocenters. The van der Waals surface area contributed by atoms with Crippen molar-refractivity contribution >= 4 is 12.5 Å².